The normalized spacial score (nSPS) is 12.5. The standard InChI is InChI=1S/C30H34F3N3O5S/c1-21(2)18-34-29(38)22(3)35(19-23-10-8-13-26(16-23)41-4)28(37)20-36(42(39,40)27-14-6-5-7-15-27)25-12-9-11-24(17-25)30(31,32)33/h5-17,21-22H,18-20H2,1-4H3,(H,34,38)/t22-/m0/s1. The third-order valence-electron chi connectivity index (χ3n) is 6.41. The molecule has 0 unspecified atom stereocenters. The lowest BCUT2D eigenvalue weighted by molar-refractivity contribution is -0.139. The van der Waals surface area contributed by atoms with Gasteiger partial charge in [-0.25, -0.2) is 8.42 Å². The Hall–Kier alpha value is -4.06. The van der Waals surface area contributed by atoms with E-state index in [1.165, 1.54) is 49.3 Å². The molecule has 0 bridgehead atoms. The first kappa shape index (κ1) is 32.5. The molecule has 1 atom stereocenters. The molecule has 3 aromatic rings. The van der Waals surface area contributed by atoms with Crippen LogP contribution in [0, 0.1) is 5.92 Å². The van der Waals surface area contributed by atoms with Gasteiger partial charge in [-0.3, -0.25) is 13.9 Å². The molecular formula is C30H34F3N3O5S. The molecule has 8 nitrogen and oxygen atoms in total. The number of sulfonamides is 1. The number of carbonyl (C=O) groups is 2. The first-order chi connectivity index (χ1) is 19.7. The van der Waals surface area contributed by atoms with Gasteiger partial charge in [0.05, 0.1) is 23.3 Å². The van der Waals surface area contributed by atoms with Crippen molar-refractivity contribution in [3.63, 3.8) is 0 Å². The molecule has 0 aliphatic heterocycles. The van der Waals surface area contributed by atoms with Gasteiger partial charge in [-0.15, -0.1) is 0 Å². The zero-order chi connectivity index (χ0) is 31.1. The van der Waals surface area contributed by atoms with E-state index in [4.69, 9.17) is 4.74 Å². The molecule has 3 aromatic carbocycles. The van der Waals surface area contributed by atoms with E-state index < -0.39 is 46.2 Å². The van der Waals surface area contributed by atoms with Gasteiger partial charge in [-0.2, -0.15) is 13.2 Å². The van der Waals surface area contributed by atoms with E-state index in [1.54, 1.807) is 30.3 Å². The molecule has 0 aliphatic rings. The fourth-order valence-electron chi connectivity index (χ4n) is 4.09. The summed E-state index contributed by atoms with van der Waals surface area (Å²) in [5.41, 5.74) is -0.821. The second-order valence-electron chi connectivity index (χ2n) is 10.1. The average molecular weight is 606 g/mol. The number of carbonyl (C=O) groups excluding carboxylic acids is 2. The zero-order valence-electron chi connectivity index (χ0n) is 23.8. The van der Waals surface area contributed by atoms with Crippen LogP contribution in [0.25, 0.3) is 0 Å². The second kappa shape index (κ2) is 13.7. The first-order valence-corrected chi connectivity index (χ1v) is 14.6. The minimum absolute atomic E-state index is 0.0892. The minimum Gasteiger partial charge on any atom is -0.497 e. The van der Waals surface area contributed by atoms with Crippen molar-refractivity contribution in [1.29, 1.82) is 0 Å². The van der Waals surface area contributed by atoms with E-state index in [-0.39, 0.29) is 23.0 Å². The number of amides is 2. The molecule has 0 aromatic heterocycles. The zero-order valence-corrected chi connectivity index (χ0v) is 24.6. The van der Waals surface area contributed by atoms with Crippen LogP contribution in [-0.4, -0.2) is 51.4 Å². The van der Waals surface area contributed by atoms with Gasteiger partial charge >= 0.3 is 6.18 Å². The van der Waals surface area contributed by atoms with Crippen molar-refractivity contribution in [3.8, 4) is 5.75 Å². The van der Waals surface area contributed by atoms with Crippen LogP contribution in [-0.2, 0) is 32.3 Å². The number of hydrogen-bond acceptors (Lipinski definition) is 5. The number of alkyl halides is 3. The molecular weight excluding hydrogens is 571 g/mol. The summed E-state index contributed by atoms with van der Waals surface area (Å²) in [6.45, 7) is 4.73. The van der Waals surface area contributed by atoms with E-state index in [9.17, 15) is 31.2 Å². The Bertz CT molecular complexity index is 1480. The molecule has 0 heterocycles. The molecule has 0 saturated heterocycles. The number of nitrogens with one attached hydrogen (secondary N) is 1. The van der Waals surface area contributed by atoms with E-state index >= 15 is 0 Å². The highest BCUT2D eigenvalue weighted by molar-refractivity contribution is 7.92. The highest BCUT2D eigenvalue weighted by Gasteiger charge is 2.35. The largest absolute Gasteiger partial charge is 0.497 e. The highest BCUT2D eigenvalue weighted by Crippen LogP contribution is 2.33. The van der Waals surface area contributed by atoms with Crippen LogP contribution in [0.5, 0.6) is 5.75 Å². The van der Waals surface area contributed by atoms with Crippen LogP contribution in [0.2, 0.25) is 0 Å². The van der Waals surface area contributed by atoms with Gasteiger partial charge in [-0.05, 0) is 60.9 Å². The van der Waals surface area contributed by atoms with Crippen LogP contribution in [0.3, 0.4) is 0 Å². The Morgan fingerprint density at radius 3 is 2.21 bits per heavy atom. The number of anilines is 1. The summed E-state index contributed by atoms with van der Waals surface area (Å²) in [6, 6.07) is 16.6. The minimum atomic E-state index is -4.75. The summed E-state index contributed by atoms with van der Waals surface area (Å²) < 4.78 is 74.1. The number of hydrogen-bond donors (Lipinski definition) is 1. The number of nitrogens with zero attached hydrogens (tertiary/aromatic N) is 2. The third-order valence-corrected chi connectivity index (χ3v) is 8.20. The van der Waals surface area contributed by atoms with Gasteiger partial charge in [0.1, 0.15) is 18.3 Å². The maximum Gasteiger partial charge on any atom is 0.416 e. The Kier molecular flexibility index (Phi) is 10.6. The number of rotatable bonds is 12. The Morgan fingerprint density at radius 1 is 0.929 bits per heavy atom. The lowest BCUT2D eigenvalue weighted by atomic mass is 10.1. The van der Waals surface area contributed by atoms with Crippen molar-refractivity contribution < 1.29 is 35.9 Å². The van der Waals surface area contributed by atoms with E-state index in [1.807, 2.05) is 13.8 Å². The van der Waals surface area contributed by atoms with Crippen molar-refractivity contribution in [2.45, 2.75) is 44.4 Å². The van der Waals surface area contributed by atoms with Crippen molar-refractivity contribution in [2.75, 3.05) is 24.5 Å². The fourth-order valence-corrected chi connectivity index (χ4v) is 5.52. The van der Waals surface area contributed by atoms with Crippen LogP contribution >= 0.6 is 0 Å². The number of halogens is 3. The van der Waals surface area contributed by atoms with Crippen molar-refractivity contribution in [2.24, 2.45) is 5.92 Å². The van der Waals surface area contributed by atoms with Crippen molar-refractivity contribution >= 4 is 27.5 Å². The van der Waals surface area contributed by atoms with Crippen LogP contribution < -0.4 is 14.4 Å². The second-order valence-corrected chi connectivity index (χ2v) is 11.9. The molecule has 0 saturated carbocycles. The number of ether oxygens (including phenoxy) is 1. The molecule has 3 rings (SSSR count). The van der Waals surface area contributed by atoms with Gasteiger partial charge < -0.3 is 15.0 Å². The maximum atomic E-state index is 13.9. The predicted octanol–water partition coefficient (Wildman–Crippen LogP) is 5.10. The SMILES string of the molecule is COc1cccc(CN(C(=O)CN(c2cccc(C(F)(F)F)c2)S(=O)(=O)c2ccccc2)[C@@H](C)C(=O)NCC(C)C)c1. The summed E-state index contributed by atoms with van der Waals surface area (Å²) in [5.74, 6) is -0.608. The summed E-state index contributed by atoms with van der Waals surface area (Å²) >= 11 is 0. The summed E-state index contributed by atoms with van der Waals surface area (Å²) in [5, 5.41) is 2.78. The quantitative estimate of drug-likeness (QED) is 0.310. The van der Waals surface area contributed by atoms with Gasteiger partial charge in [-0.1, -0.05) is 50.2 Å². The average Bonchev–Trinajstić information content (AvgIpc) is 2.97. The van der Waals surface area contributed by atoms with Crippen molar-refractivity contribution in [3.05, 3.63) is 90.0 Å². The van der Waals surface area contributed by atoms with E-state index in [0.717, 1.165) is 12.1 Å². The molecule has 0 fully saturated rings. The van der Waals surface area contributed by atoms with Gasteiger partial charge in [0.15, 0.2) is 0 Å². The number of benzene rings is 3. The fraction of sp³-hybridized carbons (Fsp3) is 0.333. The molecule has 0 spiro atoms. The van der Waals surface area contributed by atoms with E-state index in [2.05, 4.69) is 5.32 Å². The summed E-state index contributed by atoms with van der Waals surface area (Å²) in [6.07, 6.45) is -4.75. The third kappa shape index (κ3) is 8.25. The summed E-state index contributed by atoms with van der Waals surface area (Å²) in [7, 11) is -3.02. The van der Waals surface area contributed by atoms with Crippen molar-refractivity contribution in [1.82, 2.24) is 10.2 Å². The van der Waals surface area contributed by atoms with Crippen LogP contribution in [0.4, 0.5) is 18.9 Å². The lowest BCUT2D eigenvalue weighted by Gasteiger charge is -2.32. The molecule has 0 radical (unpaired) electrons. The Labute approximate surface area is 244 Å². The topological polar surface area (TPSA) is 96.0 Å². The lowest BCUT2D eigenvalue weighted by Crippen LogP contribution is -2.51. The molecule has 2 amide bonds. The molecule has 0 aliphatic carbocycles. The molecule has 1 N–H and O–H groups in total. The van der Waals surface area contributed by atoms with Gasteiger partial charge in [0.2, 0.25) is 11.8 Å². The first-order valence-electron chi connectivity index (χ1n) is 13.2. The monoisotopic (exact) mass is 605 g/mol. The number of methoxy groups -OCH3 is 1. The summed E-state index contributed by atoms with van der Waals surface area (Å²) in [4.78, 5) is 28.0. The smallest absolute Gasteiger partial charge is 0.416 e. The van der Waals surface area contributed by atoms with Crippen LogP contribution in [0.15, 0.2) is 83.8 Å². The predicted molar refractivity (Wildman–Crippen MR) is 153 cm³/mol. The van der Waals surface area contributed by atoms with E-state index in [0.29, 0.717) is 28.2 Å². The molecule has 42 heavy (non-hydrogen) atoms. The van der Waals surface area contributed by atoms with Crippen LogP contribution in [0.1, 0.15) is 31.9 Å². The van der Waals surface area contributed by atoms with Gasteiger partial charge in [0, 0.05) is 13.1 Å². The maximum absolute atomic E-state index is 13.9. The Morgan fingerprint density at radius 2 is 1.60 bits per heavy atom. The Balaban J connectivity index is 2.07. The molecule has 12 heteroatoms. The van der Waals surface area contributed by atoms with Gasteiger partial charge in [0.25, 0.3) is 10.0 Å². The highest BCUT2D eigenvalue weighted by atomic mass is 32.2. The molecule has 226 valence electrons.